The Morgan fingerprint density at radius 1 is 1.20 bits per heavy atom. The molecule has 3 N–H and O–H groups in total. The third kappa shape index (κ3) is 5.56. The number of alkyl halides is 3. The van der Waals surface area contributed by atoms with E-state index in [2.05, 4.69) is 5.32 Å². The van der Waals surface area contributed by atoms with Crippen molar-refractivity contribution in [2.45, 2.75) is 33.2 Å². The first-order chi connectivity index (χ1) is 13.9. The molecule has 2 aromatic carbocycles. The summed E-state index contributed by atoms with van der Waals surface area (Å²) in [6, 6.07) is 6.56. The molecule has 6 nitrogen and oxygen atoms in total. The van der Waals surface area contributed by atoms with Crippen LogP contribution in [0.4, 0.5) is 18.0 Å². The molecule has 10 heteroatoms. The highest BCUT2D eigenvalue weighted by Crippen LogP contribution is 2.44. The van der Waals surface area contributed by atoms with Gasteiger partial charge in [-0.3, -0.25) is 4.79 Å². The summed E-state index contributed by atoms with van der Waals surface area (Å²) in [6.07, 6.45) is -6.17. The van der Waals surface area contributed by atoms with Crippen molar-refractivity contribution in [3.63, 3.8) is 0 Å². The SMILES string of the molecule is CC(C)C(=O)c1ccc(OCc2ccc(CNC(=O)O)c(Cl)c2)c(C(F)(F)F)c1O. The minimum absolute atomic E-state index is 0.0350. The van der Waals surface area contributed by atoms with Gasteiger partial charge in [-0.2, -0.15) is 13.2 Å². The first-order valence-corrected chi connectivity index (χ1v) is 9.13. The molecule has 0 atom stereocenters. The molecule has 0 saturated carbocycles. The van der Waals surface area contributed by atoms with E-state index in [0.717, 1.165) is 12.1 Å². The fourth-order valence-electron chi connectivity index (χ4n) is 2.63. The molecular formula is C20H19ClF3NO5. The Bertz CT molecular complexity index is 960. The normalized spacial score (nSPS) is 11.4. The smallest absolute Gasteiger partial charge is 0.423 e. The first-order valence-electron chi connectivity index (χ1n) is 8.76. The Hall–Kier alpha value is -2.94. The lowest BCUT2D eigenvalue weighted by atomic mass is 9.97. The fraction of sp³-hybridized carbons (Fsp3) is 0.300. The highest BCUT2D eigenvalue weighted by molar-refractivity contribution is 6.31. The van der Waals surface area contributed by atoms with Gasteiger partial charge in [0.15, 0.2) is 5.78 Å². The number of hydrogen-bond acceptors (Lipinski definition) is 4. The van der Waals surface area contributed by atoms with E-state index in [9.17, 15) is 27.9 Å². The van der Waals surface area contributed by atoms with E-state index in [1.165, 1.54) is 32.0 Å². The van der Waals surface area contributed by atoms with Crippen molar-refractivity contribution < 1.29 is 37.7 Å². The summed E-state index contributed by atoms with van der Waals surface area (Å²) in [5.41, 5.74) is -0.951. The van der Waals surface area contributed by atoms with Gasteiger partial charge in [-0.05, 0) is 29.3 Å². The summed E-state index contributed by atoms with van der Waals surface area (Å²) in [5.74, 6) is -3.03. The average molecular weight is 446 g/mol. The van der Waals surface area contributed by atoms with Crippen molar-refractivity contribution in [1.29, 1.82) is 0 Å². The number of phenolic OH excluding ortho intramolecular Hbond substituents is 1. The number of phenols is 1. The minimum atomic E-state index is -4.95. The van der Waals surface area contributed by atoms with Crippen molar-refractivity contribution in [1.82, 2.24) is 5.32 Å². The fourth-order valence-corrected chi connectivity index (χ4v) is 2.90. The van der Waals surface area contributed by atoms with Gasteiger partial charge in [0, 0.05) is 17.5 Å². The molecular weight excluding hydrogens is 427 g/mol. The van der Waals surface area contributed by atoms with Gasteiger partial charge in [-0.1, -0.05) is 37.6 Å². The highest BCUT2D eigenvalue weighted by atomic mass is 35.5. The van der Waals surface area contributed by atoms with E-state index < -0.39 is 46.6 Å². The van der Waals surface area contributed by atoms with Crippen LogP contribution in [0.2, 0.25) is 5.02 Å². The van der Waals surface area contributed by atoms with E-state index in [4.69, 9.17) is 21.4 Å². The van der Waals surface area contributed by atoms with E-state index in [0.29, 0.717) is 11.1 Å². The predicted molar refractivity (Wildman–Crippen MR) is 103 cm³/mol. The van der Waals surface area contributed by atoms with Gasteiger partial charge >= 0.3 is 12.3 Å². The molecule has 0 heterocycles. The quantitative estimate of drug-likeness (QED) is 0.506. The van der Waals surface area contributed by atoms with Gasteiger partial charge in [0.1, 0.15) is 23.7 Å². The number of benzene rings is 2. The van der Waals surface area contributed by atoms with Crippen LogP contribution in [0.3, 0.4) is 0 Å². The highest BCUT2D eigenvalue weighted by Gasteiger charge is 2.39. The number of carbonyl (C=O) groups is 2. The van der Waals surface area contributed by atoms with Gasteiger partial charge in [0.2, 0.25) is 0 Å². The molecule has 162 valence electrons. The topological polar surface area (TPSA) is 95.9 Å². The first kappa shape index (κ1) is 23.3. The van der Waals surface area contributed by atoms with Crippen molar-refractivity contribution in [2.75, 3.05) is 0 Å². The van der Waals surface area contributed by atoms with Crippen LogP contribution in [0.25, 0.3) is 0 Å². The molecule has 30 heavy (non-hydrogen) atoms. The van der Waals surface area contributed by atoms with Crippen LogP contribution >= 0.6 is 11.6 Å². The monoisotopic (exact) mass is 445 g/mol. The van der Waals surface area contributed by atoms with Crippen LogP contribution < -0.4 is 10.1 Å². The molecule has 0 radical (unpaired) electrons. The molecule has 2 aromatic rings. The Morgan fingerprint density at radius 3 is 2.40 bits per heavy atom. The number of carbonyl (C=O) groups excluding carboxylic acids is 1. The van der Waals surface area contributed by atoms with Gasteiger partial charge in [-0.25, -0.2) is 4.79 Å². The number of ketones is 1. The van der Waals surface area contributed by atoms with Crippen molar-refractivity contribution in [3.8, 4) is 11.5 Å². The van der Waals surface area contributed by atoms with Crippen LogP contribution in [-0.2, 0) is 19.3 Å². The average Bonchev–Trinajstić information content (AvgIpc) is 2.63. The maximum absolute atomic E-state index is 13.5. The number of amides is 1. The van der Waals surface area contributed by atoms with E-state index in [1.54, 1.807) is 0 Å². The molecule has 0 aliphatic rings. The number of carboxylic acid groups (broad SMARTS) is 1. The summed E-state index contributed by atoms with van der Waals surface area (Å²) in [5, 5.41) is 21.1. The van der Waals surface area contributed by atoms with Gasteiger partial charge < -0.3 is 20.3 Å². The Balaban J connectivity index is 2.28. The van der Waals surface area contributed by atoms with Crippen LogP contribution in [0, 0.1) is 5.92 Å². The van der Waals surface area contributed by atoms with Crippen LogP contribution in [0.1, 0.15) is 40.9 Å². The number of hydrogen-bond donors (Lipinski definition) is 3. The summed E-state index contributed by atoms with van der Waals surface area (Å²) >= 11 is 6.06. The van der Waals surface area contributed by atoms with Crippen LogP contribution in [0.15, 0.2) is 30.3 Å². The van der Waals surface area contributed by atoms with Crippen LogP contribution in [0.5, 0.6) is 11.5 Å². The number of ether oxygens (including phenoxy) is 1. The number of nitrogens with one attached hydrogen (secondary N) is 1. The summed E-state index contributed by atoms with van der Waals surface area (Å²) < 4.78 is 45.8. The predicted octanol–water partition coefficient (Wildman–Crippen LogP) is 5.25. The zero-order valence-electron chi connectivity index (χ0n) is 16.0. The maximum atomic E-state index is 13.5. The minimum Gasteiger partial charge on any atom is -0.506 e. The number of halogens is 4. The molecule has 0 saturated heterocycles. The molecule has 1 amide bonds. The number of Topliss-reactive ketones (excluding diaryl/α,β-unsaturated/α-hetero) is 1. The summed E-state index contributed by atoms with van der Waals surface area (Å²) in [7, 11) is 0. The molecule has 0 aromatic heterocycles. The largest absolute Gasteiger partial charge is 0.506 e. The second-order valence-electron chi connectivity index (χ2n) is 6.72. The van der Waals surface area contributed by atoms with E-state index >= 15 is 0 Å². The van der Waals surface area contributed by atoms with Crippen LogP contribution in [-0.4, -0.2) is 22.1 Å². The zero-order valence-corrected chi connectivity index (χ0v) is 16.8. The second kappa shape index (κ2) is 9.25. The lowest BCUT2D eigenvalue weighted by molar-refractivity contribution is -0.140. The standard InChI is InChI=1S/C20H19ClF3NO5/c1-10(2)17(26)13-5-6-15(16(18(13)27)20(22,23)24)30-9-11-3-4-12(14(21)7-11)8-25-19(28)29/h3-7,10,25,27H,8-9H2,1-2H3,(H,28,29). The second-order valence-corrected chi connectivity index (χ2v) is 7.13. The third-order valence-electron chi connectivity index (χ3n) is 4.15. The molecule has 0 aliphatic carbocycles. The Labute approximate surface area is 175 Å². The van der Waals surface area contributed by atoms with Crippen molar-refractivity contribution in [3.05, 3.63) is 57.6 Å². The molecule has 0 spiro atoms. The lowest BCUT2D eigenvalue weighted by Crippen LogP contribution is -2.20. The molecule has 2 rings (SSSR count). The van der Waals surface area contributed by atoms with Gasteiger partial charge in [-0.15, -0.1) is 0 Å². The van der Waals surface area contributed by atoms with Gasteiger partial charge in [0.25, 0.3) is 0 Å². The lowest BCUT2D eigenvalue weighted by Gasteiger charge is -2.18. The zero-order chi connectivity index (χ0) is 22.6. The van der Waals surface area contributed by atoms with E-state index in [1.807, 2.05) is 0 Å². The van der Waals surface area contributed by atoms with Gasteiger partial charge in [0.05, 0.1) is 5.56 Å². The van der Waals surface area contributed by atoms with E-state index in [-0.39, 0.29) is 18.2 Å². The van der Waals surface area contributed by atoms with Crippen molar-refractivity contribution >= 4 is 23.5 Å². The summed E-state index contributed by atoms with van der Waals surface area (Å²) in [4.78, 5) is 22.6. The molecule has 0 aliphatic heterocycles. The number of rotatable bonds is 7. The Morgan fingerprint density at radius 2 is 1.87 bits per heavy atom. The number of aromatic hydroxyl groups is 1. The molecule has 0 bridgehead atoms. The third-order valence-corrected chi connectivity index (χ3v) is 4.51. The molecule has 0 fully saturated rings. The maximum Gasteiger partial charge on any atom is 0.423 e. The van der Waals surface area contributed by atoms with Crippen molar-refractivity contribution in [2.24, 2.45) is 5.92 Å². The Kier molecular flexibility index (Phi) is 7.20. The summed E-state index contributed by atoms with van der Waals surface area (Å²) in [6.45, 7) is 2.69. The molecule has 0 unspecified atom stereocenters.